The molecule has 1 aromatic heterocycles. The van der Waals surface area contributed by atoms with Crippen molar-refractivity contribution in [3.8, 4) is 5.88 Å². The minimum absolute atomic E-state index is 0.0411. The van der Waals surface area contributed by atoms with Crippen LogP contribution < -0.4 is 10.5 Å². The number of carboxylic acids is 1. The molecule has 1 aliphatic carbocycles. The molecule has 17 heavy (non-hydrogen) atoms. The second kappa shape index (κ2) is 5.03. The van der Waals surface area contributed by atoms with E-state index in [2.05, 4.69) is 4.98 Å². The lowest BCUT2D eigenvalue weighted by Crippen LogP contribution is -2.11. The molecule has 3 N–H and O–H groups in total. The number of aromatic nitrogens is 1. The minimum Gasteiger partial charge on any atom is -0.477 e. The topological polar surface area (TPSA) is 85.4 Å². The van der Waals surface area contributed by atoms with E-state index in [1.165, 1.54) is 37.8 Å². The maximum Gasteiger partial charge on any atom is 0.354 e. The third-order valence-electron chi connectivity index (χ3n) is 3.04. The van der Waals surface area contributed by atoms with Gasteiger partial charge >= 0.3 is 5.97 Å². The Morgan fingerprint density at radius 1 is 1.47 bits per heavy atom. The van der Waals surface area contributed by atoms with Crippen molar-refractivity contribution in [3.05, 3.63) is 17.8 Å². The van der Waals surface area contributed by atoms with Crippen LogP contribution in [0.25, 0.3) is 0 Å². The van der Waals surface area contributed by atoms with Gasteiger partial charge in [0.15, 0.2) is 5.69 Å². The first-order valence-electron chi connectivity index (χ1n) is 5.79. The van der Waals surface area contributed by atoms with Crippen LogP contribution in [0.4, 0.5) is 5.69 Å². The van der Waals surface area contributed by atoms with Gasteiger partial charge in [-0.2, -0.15) is 0 Å². The van der Waals surface area contributed by atoms with Crippen molar-refractivity contribution in [1.29, 1.82) is 0 Å². The van der Waals surface area contributed by atoms with Gasteiger partial charge in [0.05, 0.1) is 12.3 Å². The highest BCUT2D eigenvalue weighted by atomic mass is 16.5. The number of pyridine rings is 1. The van der Waals surface area contributed by atoms with E-state index in [0.717, 1.165) is 0 Å². The maximum atomic E-state index is 10.8. The summed E-state index contributed by atoms with van der Waals surface area (Å²) in [6.45, 7) is 0.570. The number of anilines is 1. The summed E-state index contributed by atoms with van der Waals surface area (Å²) in [5.41, 5.74) is 6.04. The molecule has 5 nitrogen and oxygen atoms in total. The van der Waals surface area contributed by atoms with Crippen molar-refractivity contribution in [2.45, 2.75) is 25.7 Å². The summed E-state index contributed by atoms with van der Waals surface area (Å²) in [6.07, 6.45) is 4.81. The van der Waals surface area contributed by atoms with E-state index in [4.69, 9.17) is 15.6 Å². The Bertz CT molecular complexity index is 414. The molecule has 0 amide bonds. The summed E-state index contributed by atoms with van der Waals surface area (Å²) in [6, 6.07) is 2.89. The van der Waals surface area contributed by atoms with Gasteiger partial charge in [0.1, 0.15) is 0 Å². The molecule has 92 valence electrons. The SMILES string of the molecule is Nc1ccc(C(=O)O)nc1OCC1CCCC1. The molecule has 0 saturated heterocycles. The lowest BCUT2D eigenvalue weighted by atomic mass is 10.1. The van der Waals surface area contributed by atoms with E-state index in [0.29, 0.717) is 18.2 Å². The molecular formula is C12H16N2O3. The van der Waals surface area contributed by atoms with Crippen molar-refractivity contribution in [2.24, 2.45) is 5.92 Å². The zero-order chi connectivity index (χ0) is 12.3. The molecule has 0 atom stereocenters. The standard InChI is InChI=1S/C12H16N2O3/c13-9-5-6-10(12(15)16)14-11(9)17-7-8-3-1-2-4-8/h5-6,8H,1-4,7,13H2,(H,15,16). The molecule has 0 aliphatic heterocycles. The Kier molecular flexibility index (Phi) is 3.46. The third-order valence-corrected chi connectivity index (χ3v) is 3.04. The van der Waals surface area contributed by atoms with Gasteiger partial charge in [-0.3, -0.25) is 0 Å². The molecule has 0 bridgehead atoms. The Morgan fingerprint density at radius 3 is 2.82 bits per heavy atom. The Balaban J connectivity index is 2.03. The first-order valence-corrected chi connectivity index (χ1v) is 5.79. The van der Waals surface area contributed by atoms with Crippen LogP contribution >= 0.6 is 0 Å². The summed E-state index contributed by atoms with van der Waals surface area (Å²) in [4.78, 5) is 14.7. The number of hydrogen-bond acceptors (Lipinski definition) is 4. The van der Waals surface area contributed by atoms with E-state index in [9.17, 15) is 4.79 Å². The van der Waals surface area contributed by atoms with Crippen LogP contribution in [0.5, 0.6) is 5.88 Å². The first kappa shape index (κ1) is 11.7. The van der Waals surface area contributed by atoms with E-state index in [-0.39, 0.29) is 11.6 Å². The first-order chi connectivity index (χ1) is 8.16. The van der Waals surface area contributed by atoms with Crippen molar-refractivity contribution < 1.29 is 14.6 Å². The lowest BCUT2D eigenvalue weighted by Gasteiger charge is -2.12. The fourth-order valence-corrected chi connectivity index (χ4v) is 2.06. The number of ether oxygens (including phenoxy) is 1. The number of nitrogens with two attached hydrogens (primary N) is 1. The van der Waals surface area contributed by atoms with Crippen LogP contribution in [0, 0.1) is 5.92 Å². The minimum atomic E-state index is -1.07. The van der Waals surface area contributed by atoms with Crippen LogP contribution in [0.3, 0.4) is 0 Å². The van der Waals surface area contributed by atoms with Crippen LogP contribution in [0.15, 0.2) is 12.1 Å². The van der Waals surface area contributed by atoms with Gasteiger partial charge in [-0.15, -0.1) is 0 Å². The summed E-state index contributed by atoms with van der Waals surface area (Å²) < 4.78 is 5.51. The predicted octanol–water partition coefficient (Wildman–Crippen LogP) is 1.93. The zero-order valence-corrected chi connectivity index (χ0v) is 9.56. The second-order valence-electron chi connectivity index (χ2n) is 4.36. The second-order valence-corrected chi connectivity index (χ2v) is 4.36. The highest BCUT2D eigenvalue weighted by molar-refractivity contribution is 5.86. The molecule has 1 saturated carbocycles. The zero-order valence-electron chi connectivity index (χ0n) is 9.56. The average Bonchev–Trinajstić information content (AvgIpc) is 2.80. The summed E-state index contributed by atoms with van der Waals surface area (Å²) >= 11 is 0. The normalized spacial score (nSPS) is 16.0. The number of hydrogen-bond donors (Lipinski definition) is 2. The van der Waals surface area contributed by atoms with Gasteiger partial charge in [0.2, 0.25) is 5.88 Å². The Labute approximate surface area is 99.6 Å². The number of aromatic carboxylic acids is 1. The van der Waals surface area contributed by atoms with Crippen LogP contribution in [-0.4, -0.2) is 22.7 Å². The van der Waals surface area contributed by atoms with Gasteiger partial charge in [-0.1, -0.05) is 12.8 Å². The molecule has 1 fully saturated rings. The molecule has 2 rings (SSSR count). The van der Waals surface area contributed by atoms with Gasteiger partial charge < -0.3 is 15.6 Å². The van der Waals surface area contributed by atoms with E-state index in [1.807, 2.05) is 0 Å². The predicted molar refractivity (Wildman–Crippen MR) is 63.1 cm³/mol. The average molecular weight is 236 g/mol. The number of nitrogen functional groups attached to an aromatic ring is 1. The fourth-order valence-electron chi connectivity index (χ4n) is 2.06. The lowest BCUT2D eigenvalue weighted by molar-refractivity contribution is 0.0689. The highest BCUT2D eigenvalue weighted by Gasteiger charge is 2.17. The number of nitrogens with zero attached hydrogens (tertiary/aromatic N) is 1. The largest absolute Gasteiger partial charge is 0.477 e. The Morgan fingerprint density at radius 2 is 2.18 bits per heavy atom. The summed E-state index contributed by atoms with van der Waals surface area (Å²) in [5.74, 6) is -0.294. The monoisotopic (exact) mass is 236 g/mol. The van der Waals surface area contributed by atoms with Gasteiger partial charge in [-0.05, 0) is 30.9 Å². The van der Waals surface area contributed by atoms with Crippen molar-refractivity contribution >= 4 is 11.7 Å². The van der Waals surface area contributed by atoms with Gasteiger partial charge in [-0.25, -0.2) is 9.78 Å². The molecular weight excluding hydrogens is 220 g/mol. The van der Waals surface area contributed by atoms with Crippen LogP contribution in [-0.2, 0) is 0 Å². The molecule has 1 heterocycles. The number of carbonyl (C=O) groups is 1. The molecule has 0 unspecified atom stereocenters. The molecule has 0 radical (unpaired) electrons. The molecule has 1 aliphatic rings. The van der Waals surface area contributed by atoms with Crippen molar-refractivity contribution in [1.82, 2.24) is 4.98 Å². The molecule has 0 spiro atoms. The summed E-state index contributed by atoms with van der Waals surface area (Å²) in [7, 11) is 0. The molecule has 1 aromatic rings. The number of rotatable bonds is 4. The van der Waals surface area contributed by atoms with Gasteiger partial charge in [0, 0.05) is 0 Å². The van der Waals surface area contributed by atoms with Crippen molar-refractivity contribution in [3.63, 3.8) is 0 Å². The maximum absolute atomic E-state index is 10.8. The van der Waals surface area contributed by atoms with Crippen LogP contribution in [0.1, 0.15) is 36.2 Å². The molecule has 0 aromatic carbocycles. The third kappa shape index (κ3) is 2.87. The van der Waals surface area contributed by atoms with E-state index >= 15 is 0 Å². The van der Waals surface area contributed by atoms with E-state index < -0.39 is 5.97 Å². The molecule has 5 heteroatoms. The van der Waals surface area contributed by atoms with Gasteiger partial charge in [0.25, 0.3) is 0 Å². The number of carboxylic acid groups (broad SMARTS) is 1. The van der Waals surface area contributed by atoms with Crippen molar-refractivity contribution in [2.75, 3.05) is 12.3 Å². The smallest absolute Gasteiger partial charge is 0.354 e. The fraction of sp³-hybridized carbons (Fsp3) is 0.500. The highest BCUT2D eigenvalue weighted by Crippen LogP contribution is 2.26. The van der Waals surface area contributed by atoms with E-state index in [1.54, 1.807) is 0 Å². The quantitative estimate of drug-likeness (QED) is 0.834. The Hall–Kier alpha value is -1.78. The van der Waals surface area contributed by atoms with Crippen LogP contribution in [0.2, 0.25) is 0 Å². The summed E-state index contributed by atoms with van der Waals surface area (Å²) in [5, 5.41) is 8.82.